The summed E-state index contributed by atoms with van der Waals surface area (Å²) >= 11 is 7.37. The molecule has 2 aromatic carbocycles. The molecule has 0 saturated heterocycles. The van der Waals surface area contributed by atoms with Gasteiger partial charge in [0, 0.05) is 16.7 Å². The number of fused-ring (bicyclic) bond motifs is 1. The highest BCUT2D eigenvalue weighted by molar-refractivity contribution is 7.92. The zero-order valence-electron chi connectivity index (χ0n) is 19.4. The van der Waals surface area contributed by atoms with Crippen molar-refractivity contribution in [3.05, 3.63) is 65.3 Å². The summed E-state index contributed by atoms with van der Waals surface area (Å²) in [5.74, 6) is 0.739. The van der Waals surface area contributed by atoms with Crippen LogP contribution in [-0.2, 0) is 9.84 Å². The fourth-order valence-electron chi connectivity index (χ4n) is 3.50. The summed E-state index contributed by atoms with van der Waals surface area (Å²) in [7, 11) is -3.39. The normalized spacial score (nSPS) is 13.7. The highest BCUT2D eigenvalue weighted by Gasteiger charge is 2.37. The molecule has 1 amide bonds. The van der Waals surface area contributed by atoms with Crippen LogP contribution in [0, 0.1) is 0 Å². The van der Waals surface area contributed by atoms with Crippen molar-refractivity contribution < 1.29 is 22.7 Å². The molecule has 5 rings (SSSR count). The molecular formula is C25H22ClN3O5S2. The molecule has 0 bridgehead atoms. The number of ether oxygens (including phenoxy) is 2. The van der Waals surface area contributed by atoms with Gasteiger partial charge in [-0.3, -0.25) is 10.1 Å². The topological polar surface area (TPSA) is 107 Å². The summed E-state index contributed by atoms with van der Waals surface area (Å²) in [4.78, 5) is 21.6. The van der Waals surface area contributed by atoms with Crippen molar-refractivity contribution in [3.8, 4) is 17.2 Å². The van der Waals surface area contributed by atoms with Gasteiger partial charge in [-0.05, 0) is 69.2 Å². The van der Waals surface area contributed by atoms with Gasteiger partial charge in [-0.2, -0.15) is 0 Å². The Morgan fingerprint density at radius 2 is 1.86 bits per heavy atom. The summed E-state index contributed by atoms with van der Waals surface area (Å²) in [6.07, 6.45) is 2.57. The number of nitrogens with zero attached hydrogens (tertiary/aromatic N) is 2. The first-order chi connectivity index (χ1) is 17.2. The lowest BCUT2D eigenvalue weighted by molar-refractivity contribution is 0.102. The van der Waals surface area contributed by atoms with Crippen LogP contribution in [0.25, 0.3) is 10.2 Å². The average Bonchev–Trinajstić information content (AvgIpc) is 3.61. The maximum atomic E-state index is 13.1. The van der Waals surface area contributed by atoms with E-state index in [-0.39, 0.29) is 22.3 Å². The van der Waals surface area contributed by atoms with Gasteiger partial charge in [0.1, 0.15) is 17.2 Å². The minimum Gasteiger partial charge on any atom is -0.491 e. The molecule has 2 heterocycles. The molecule has 36 heavy (non-hydrogen) atoms. The van der Waals surface area contributed by atoms with Gasteiger partial charge in [-0.15, -0.1) is 0 Å². The number of anilines is 1. The van der Waals surface area contributed by atoms with Crippen molar-refractivity contribution >= 4 is 54.0 Å². The molecule has 11 heteroatoms. The van der Waals surface area contributed by atoms with Crippen LogP contribution in [-0.4, -0.2) is 35.6 Å². The molecule has 186 valence electrons. The van der Waals surface area contributed by atoms with Gasteiger partial charge >= 0.3 is 0 Å². The van der Waals surface area contributed by atoms with E-state index in [0.717, 1.165) is 10.2 Å². The second kappa shape index (κ2) is 9.68. The first-order valence-corrected chi connectivity index (χ1v) is 14.0. The number of halogens is 1. The Balaban J connectivity index is 1.38. The van der Waals surface area contributed by atoms with Gasteiger partial charge in [0.15, 0.2) is 20.0 Å². The molecule has 2 aromatic heterocycles. The molecule has 0 unspecified atom stereocenters. The largest absolute Gasteiger partial charge is 0.491 e. The van der Waals surface area contributed by atoms with Gasteiger partial charge in [0.25, 0.3) is 5.91 Å². The maximum absolute atomic E-state index is 13.1. The van der Waals surface area contributed by atoms with E-state index in [9.17, 15) is 13.2 Å². The highest BCUT2D eigenvalue weighted by Crippen LogP contribution is 2.34. The van der Waals surface area contributed by atoms with E-state index in [4.69, 9.17) is 21.1 Å². The molecule has 1 aliphatic carbocycles. The summed E-state index contributed by atoms with van der Waals surface area (Å²) in [6, 6.07) is 13.2. The molecule has 1 aliphatic rings. The van der Waals surface area contributed by atoms with Gasteiger partial charge in [-0.25, -0.2) is 18.4 Å². The summed E-state index contributed by atoms with van der Waals surface area (Å²) in [6.45, 7) is 3.75. The van der Waals surface area contributed by atoms with E-state index in [0.29, 0.717) is 45.8 Å². The number of carbonyl (C=O) groups is 1. The van der Waals surface area contributed by atoms with Crippen LogP contribution in [0.15, 0.2) is 59.8 Å². The molecular weight excluding hydrogens is 522 g/mol. The summed E-state index contributed by atoms with van der Waals surface area (Å²) in [5, 5.41) is 3.54. The van der Waals surface area contributed by atoms with Crippen molar-refractivity contribution in [2.24, 2.45) is 0 Å². The number of rotatable bonds is 8. The van der Waals surface area contributed by atoms with Crippen molar-refractivity contribution in [2.45, 2.75) is 43.1 Å². The number of thiazole rings is 1. The van der Waals surface area contributed by atoms with Gasteiger partial charge in [0.05, 0.1) is 27.8 Å². The van der Waals surface area contributed by atoms with E-state index >= 15 is 0 Å². The Labute approximate surface area is 217 Å². The number of pyridine rings is 1. The molecule has 1 fully saturated rings. The van der Waals surface area contributed by atoms with Crippen LogP contribution in [0.5, 0.6) is 17.2 Å². The Morgan fingerprint density at radius 3 is 2.56 bits per heavy atom. The third kappa shape index (κ3) is 5.45. The van der Waals surface area contributed by atoms with Crippen molar-refractivity contribution in [1.82, 2.24) is 9.97 Å². The van der Waals surface area contributed by atoms with E-state index in [2.05, 4.69) is 15.3 Å². The van der Waals surface area contributed by atoms with Crippen LogP contribution in [0.2, 0.25) is 5.02 Å². The second-order valence-corrected chi connectivity index (χ2v) is 12.3. The monoisotopic (exact) mass is 543 g/mol. The number of benzene rings is 2. The van der Waals surface area contributed by atoms with Crippen LogP contribution in [0.4, 0.5) is 5.13 Å². The second-order valence-electron chi connectivity index (χ2n) is 8.62. The van der Waals surface area contributed by atoms with E-state index in [1.165, 1.54) is 23.6 Å². The average molecular weight is 544 g/mol. The minimum atomic E-state index is -3.39. The third-order valence-corrected chi connectivity index (χ3v) is 8.63. The van der Waals surface area contributed by atoms with Crippen molar-refractivity contribution in [1.29, 1.82) is 0 Å². The number of hydrogen-bond donors (Lipinski definition) is 1. The zero-order valence-corrected chi connectivity index (χ0v) is 21.8. The SMILES string of the molecule is CC(C)Oc1cc(Oc2ccc(S(=O)(=O)C3CC3)nc2)cc(C(=O)Nc2nc3ccc(Cl)cc3s2)c1. The number of aromatic nitrogens is 2. The van der Waals surface area contributed by atoms with E-state index in [1.807, 2.05) is 13.8 Å². The smallest absolute Gasteiger partial charge is 0.257 e. The maximum Gasteiger partial charge on any atom is 0.257 e. The fraction of sp³-hybridized carbons (Fsp3) is 0.240. The van der Waals surface area contributed by atoms with Crippen LogP contribution >= 0.6 is 22.9 Å². The zero-order chi connectivity index (χ0) is 25.4. The number of hydrogen-bond acceptors (Lipinski definition) is 8. The lowest BCUT2D eigenvalue weighted by Crippen LogP contribution is -2.13. The molecule has 0 radical (unpaired) electrons. The lowest BCUT2D eigenvalue weighted by Gasteiger charge is -2.14. The van der Waals surface area contributed by atoms with Crippen molar-refractivity contribution in [3.63, 3.8) is 0 Å². The molecule has 0 aliphatic heterocycles. The molecule has 0 atom stereocenters. The van der Waals surface area contributed by atoms with Gasteiger partial charge < -0.3 is 9.47 Å². The number of amides is 1. The van der Waals surface area contributed by atoms with Crippen molar-refractivity contribution in [2.75, 3.05) is 5.32 Å². The highest BCUT2D eigenvalue weighted by atomic mass is 35.5. The number of sulfone groups is 1. The summed E-state index contributed by atoms with van der Waals surface area (Å²) in [5.41, 5.74) is 1.04. The predicted octanol–water partition coefficient (Wildman–Crippen LogP) is 6.11. The molecule has 1 N–H and O–H groups in total. The van der Waals surface area contributed by atoms with Crippen LogP contribution in [0.1, 0.15) is 37.0 Å². The Kier molecular flexibility index (Phi) is 6.59. The third-order valence-electron chi connectivity index (χ3n) is 5.28. The van der Waals surface area contributed by atoms with Gasteiger partial charge in [-0.1, -0.05) is 22.9 Å². The molecule has 8 nitrogen and oxygen atoms in total. The quantitative estimate of drug-likeness (QED) is 0.285. The fourth-order valence-corrected chi connectivity index (χ4v) is 6.20. The molecule has 4 aromatic rings. The first kappa shape index (κ1) is 24.5. The lowest BCUT2D eigenvalue weighted by atomic mass is 10.2. The minimum absolute atomic E-state index is 0.0337. The molecule has 1 saturated carbocycles. The Bertz CT molecular complexity index is 1550. The first-order valence-electron chi connectivity index (χ1n) is 11.2. The number of carbonyl (C=O) groups excluding carboxylic acids is 1. The van der Waals surface area contributed by atoms with E-state index in [1.54, 1.807) is 42.5 Å². The van der Waals surface area contributed by atoms with Crippen LogP contribution in [0.3, 0.4) is 0 Å². The summed E-state index contributed by atoms with van der Waals surface area (Å²) < 4.78 is 37.3. The standard InChI is InChI=1S/C25H22ClN3O5S2/c1-14(2)33-18-9-15(24(30)29-25-28-21-7-3-16(26)11-22(21)35-25)10-19(12-18)34-17-4-8-23(27-13-17)36(31,32)20-5-6-20/h3-4,7-14,20H,5-6H2,1-2H3,(H,28,29,30). The van der Waals surface area contributed by atoms with Gasteiger partial charge in [0.2, 0.25) is 0 Å². The number of nitrogens with one attached hydrogen (secondary N) is 1. The van der Waals surface area contributed by atoms with Crippen LogP contribution < -0.4 is 14.8 Å². The van der Waals surface area contributed by atoms with E-state index < -0.39 is 9.84 Å². The predicted molar refractivity (Wildman–Crippen MR) is 139 cm³/mol. The Hall–Kier alpha value is -3.21. The Morgan fingerprint density at radius 1 is 1.08 bits per heavy atom. The molecule has 0 spiro atoms.